The van der Waals surface area contributed by atoms with Crippen LogP contribution in [0.1, 0.15) is 37.7 Å². The summed E-state index contributed by atoms with van der Waals surface area (Å²) in [4.78, 5) is 19.1. The fourth-order valence-electron chi connectivity index (χ4n) is 3.17. The van der Waals surface area contributed by atoms with Gasteiger partial charge in [-0.1, -0.05) is 37.1 Å². The molecular weight excluding hydrogens is 434 g/mol. The number of rotatable bonds is 12. The van der Waals surface area contributed by atoms with Crippen molar-refractivity contribution in [3.05, 3.63) is 65.9 Å². The van der Waals surface area contributed by atoms with Crippen LogP contribution in [0.25, 0.3) is 10.6 Å². The first-order chi connectivity index (χ1) is 15.0. The Morgan fingerprint density at radius 1 is 1.03 bits per heavy atom. The summed E-state index contributed by atoms with van der Waals surface area (Å²) in [6, 6.07) is 10.9. The van der Waals surface area contributed by atoms with Crippen LogP contribution in [0.3, 0.4) is 0 Å². The van der Waals surface area contributed by atoms with E-state index in [-0.39, 0.29) is 17.9 Å². The van der Waals surface area contributed by atoms with E-state index in [0.717, 1.165) is 29.0 Å². The minimum atomic E-state index is -3.69. The predicted molar refractivity (Wildman–Crippen MR) is 120 cm³/mol. The largest absolute Gasteiger partial charge is 0.481 e. The molecule has 2 heterocycles. The van der Waals surface area contributed by atoms with Gasteiger partial charge in [0, 0.05) is 49.0 Å². The first-order valence-electron chi connectivity index (χ1n) is 10.1. The number of hydrogen-bond donors (Lipinski definition) is 1. The summed E-state index contributed by atoms with van der Waals surface area (Å²) in [5, 5.41) is 11.6. The molecule has 0 aliphatic rings. The monoisotopic (exact) mass is 459 g/mol. The lowest BCUT2D eigenvalue weighted by molar-refractivity contribution is -0.137. The molecule has 0 fully saturated rings. The topological polar surface area (TPSA) is 100 Å². The molecular formula is C22H25N3O4S2. The Labute approximate surface area is 186 Å². The fraction of sp³-hybridized carbons (Fsp3) is 0.318. The molecule has 0 saturated carbocycles. The molecule has 9 heteroatoms. The molecule has 1 N–H and O–H groups in total. The van der Waals surface area contributed by atoms with E-state index in [1.54, 1.807) is 35.9 Å². The average molecular weight is 460 g/mol. The second-order valence-electron chi connectivity index (χ2n) is 7.12. The zero-order chi connectivity index (χ0) is 22.1. The van der Waals surface area contributed by atoms with Gasteiger partial charge >= 0.3 is 5.97 Å². The number of benzene rings is 1. The number of carboxylic acid groups (broad SMARTS) is 1. The van der Waals surface area contributed by atoms with Crippen LogP contribution in [0.2, 0.25) is 0 Å². The zero-order valence-corrected chi connectivity index (χ0v) is 18.7. The van der Waals surface area contributed by atoms with E-state index in [2.05, 4.69) is 9.97 Å². The minimum Gasteiger partial charge on any atom is -0.481 e. The molecule has 1 aromatic carbocycles. The van der Waals surface area contributed by atoms with Crippen LogP contribution < -0.4 is 0 Å². The summed E-state index contributed by atoms with van der Waals surface area (Å²) in [6.45, 7) is 0.614. The van der Waals surface area contributed by atoms with Crippen molar-refractivity contribution < 1.29 is 18.3 Å². The van der Waals surface area contributed by atoms with Gasteiger partial charge in [0.2, 0.25) is 10.0 Å². The molecule has 3 aromatic rings. The van der Waals surface area contributed by atoms with Crippen molar-refractivity contribution in [1.29, 1.82) is 0 Å². The quantitative estimate of drug-likeness (QED) is 0.402. The molecule has 0 bridgehead atoms. The summed E-state index contributed by atoms with van der Waals surface area (Å²) in [5.41, 5.74) is 1.89. The second kappa shape index (κ2) is 11.1. The summed E-state index contributed by atoms with van der Waals surface area (Å²) >= 11 is 1.56. The van der Waals surface area contributed by atoms with Gasteiger partial charge in [-0.25, -0.2) is 13.4 Å². The highest BCUT2D eigenvalue weighted by Crippen LogP contribution is 2.24. The number of carboxylic acids is 1. The van der Waals surface area contributed by atoms with Gasteiger partial charge in [-0.15, -0.1) is 11.3 Å². The number of carbonyl (C=O) groups is 1. The third kappa shape index (κ3) is 6.68. The van der Waals surface area contributed by atoms with Crippen LogP contribution in [0.15, 0.2) is 65.3 Å². The average Bonchev–Trinajstić information content (AvgIpc) is 3.31. The molecule has 2 aromatic heterocycles. The van der Waals surface area contributed by atoms with Gasteiger partial charge in [-0.2, -0.15) is 4.31 Å². The molecule has 0 spiro atoms. The number of aliphatic carboxylic acids is 1. The maximum absolute atomic E-state index is 13.2. The Morgan fingerprint density at radius 2 is 1.81 bits per heavy atom. The Kier molecular flexibility index (Phi) is 8.27. The number of hydrogen-bond acceptors (Lipinski definition) is 6. The van der Waals surface area contributed by atoms with Gasteiger partial charge in [0.1, 0.15) is 9.90 Å². The Morgan fingerprint density at radius 3 is 2.45 bits per heavy atom. The zero-order valence-electron chi connectivity index (χ0n) is 17.1. The number of unbranched alkanes of at least 4 members (excludes halogenated alkanes) is 3. The van der Waals surface area contributed by atoms with Crippen LogP contribution in [0, 0.1) is 0 Å². The number of pyridine rings is 1. The lowest BCUT2D eigenvalue weighted by atomic mass is 10.1. The molecule has 0 aliphatic carbocycles. The Balaban J connectivity index is 1.70. The maximum Gasteiger partial charge on any atom is 0.303 e. The fourth-order valence-corrected chi connectivity index (χ4v) is 5.25. The van der Waals surface area contributed by atoms with Gasteiger partial charge in [-0.3, -0.25) is 9.78 Å². The van der Waals surface area contributed by atoms with Crippen LogP contribution in [0.5, 0.6) is 0 Å². The second-order valence-corrected chi connectivity index (χ2v) is 9.95. The first-order valence-corrected chi connectivity index (χ1v) is 12.4. The highest BCUT2D eigenvalue weighted by Gasteiger charge is 2.24. The number of aromatic nitrogens is 2. The van der Waals surface area contributed by atoms with E-state index in [1.165, 1.54) is 10.5 Å². The molecule has 0 aliphatic heterocycles. The van der Waals surface area contributed by atoms with Crippen molar-refractivity contribution in [1.82, 2.24) is 14.3 Å². The van der Waals surface area contributed by atoms with Crippen LogP contribution in [0.4, 0.5) is 0 Å². The first kappa shape index (κ1) is 23.1. The predicted octanol–water partition coefficient (Wildman–Crippen LogP) is 4.43. The smallest absolute Gasteiger partial charge is 0.303 e. The SMILES string of the molecule is O=C(O)CCCCCCN(Cc1ccc(-c2nccs2)cc1)S(=O)(=O)c1cccnc1. The van der Waals surface area contributed by atoms with Crippen molar-refractivity contribution in [3.63, 3.8) is 0 Å². The van der Waals surface area contributed by atoms with Crippen LogP contribution >= 0.6 is 11.3 Å². The summed E-state index contributed by atoms with van der Waals surface area (Å²) < 4.78 is 27.9. The van der Waals surface area contributed by atoms with E-state index >= 15 is 0 Å². The number of nitrogens with zero attached hydrogens (tertiary/aromatic N) is 3. The minimum absolute atomic E-state index is 0.142. The molecule has 0 radical (unpaired) electrons. The van der Waals surface area contributed by atoms with E-state index < -0.39 is 16.0 Å². The van der Waals surface area contributed by atoms with Crippen LogP contribution in [-0.4, -0.2) is 40.3 Å². The highest BCUT2D eigenvalue weighted by molar-refractivity contribution is 7.89. The Bertz CT molecular complexity index is 1050. The Hall–Kier alpha value is -2.62. The van der Waals surface area contributed by atoms with Crippen LogP contribution in [-0.2, 0) is 21.4 Å². The molecule has 3 rings (SSSR count). The van der Waals surface area contributed by atoms with Gasteiger partial charge in [-0.05, 0) is 30.5 Å². The van der Waals surface area contributed by atoms with Crippen molar-refractivity contribution in [2.75, 3.05) is 6.54 Å². The highest BCUT2D eigenvalue weighted by atomic mass is 32.2. The van der Waals surface area contributed by atoms with E-state index in [1.807, 2.05) is 29.6 Å². The lowest BCUT2D eigenvalue weighted by Crippen LogP contribution is -2.31. The molecule has 7 nitrogen and oxygen atoms in total. The van der Waals surface area contributed by atoms with Crippen molar-refractivity contribution in [2.24, 2.45) is 0 Å². The number of thiazole rings is 1. The van der Waals surface area contributed by atoms with Gasteiger partial charge in [0.25, 0.3) is 0 Å². The number of sulfonamides is 1. The van der Waals surface area contributed by atoms with Crippen molar-refractivity contribution in [3.8, 4) is 10.6 Å². The van der Waals surface area contributed by atoms with Crippen molar-refractivity contribution in [2.45, 2.75) is 43.5 Å². The van der Waals surface area contributed by atoms with Gasteiger partial charge < -0.3 is 5.11 Å². The third-order valence-corrected chi connectivity index (χ3v) is 7.46. The lowest BCUT2D eigenvalue weighted by Gasteiger charge is -2.22. The summed E-state index contributed by atoms with van der Waals surface area (Å²) in [6.07, 6.45) is 7.60. The molecule has 0 amide bonds. The molecule has 0 unspecified atom stereocenters. The molecule has 164 valence electrons. The summed E-state index contributed by atoms with van der Waals surface area (Å²) in [7, 11) is -3.69. The van der Waals surface area contributed by atoms with E-state index in [0.29, 0.717) is 19.4 Å². The van der Waals surface area contributed by atoms with Crippen molar-refractivity contribution >= 4 is 27.3 Å². The normalized spacial score (nSPS) is 11.6. The molecule has 0 saturated heterocycles. The van der Waals surface area contributed by atoms with E-state index in [9.17, 15) is 13.2 Å². The van der Waals surface area contributed by atoms with Gasteiger partial charge in [0.05, 0.1) is 0 Å². The maximum atomic E-state index is 13.2. The molecule has 31 heavy (non-hydrogen) atoms. The third-order valence-electron chi connectivity index (χ3n) is 4.81. The van der Waals surface area contributed by atoms with Gasteiger partial charge in [0.15, 0.2) is 0 Å². The van der Waals surface area contributed by atoms with E-state index in [4.69, 9.17) is 5.11 Å². The molecule has 0 atom stereocenters. The summed E-state index contributed by atoms with van der Waals surface area (Å²) in [5.74, 6) is -0.804. The standard InChI is InChI=1S/C22H25N3O4S2/c26-21(27)7-3-1-2-4-14-25(31(28,29)20-6-5-12-23-16-20)17-18-8-10-19(11-9-18)22-24-13-15-30-22/h5-6,8-13,15-16H,1-4,7,14,17H2,(H,26,27).